The predicted octanol–water partition coefficient (Wildman–Crippen LogP) is 2.33. The number of pyridine rings is 2. The number of nitrogens with one attached hydrogen (secondary N) is 1. The SMILES string of the molecule is C[C@@H]1CN(c2ccc(C#N)c3ncccc23)C[C@H](CN2C[C@@H]3OCCN(c4ccc5c(n4)CCNC5)[C@@H]3C2)O1. The highest BCUT2D eigenvalue weighted by Gasteiger charge is 2.42. The van der Waals surface area contributed by atoms with Crippen LogP contribution >= 0.6 is 0 Å². The molecule has 4 atom stereocenters. The Labute approximate surface area is 229 Å². The number of nitriles is 1. The fourth-order valence-corrected chi connectivity index (χ4v) is 6.84. The van der Waals surface area contributed by atoms with Crippen LogP contribution < -0.4 is 15.1 Å². The number of anilines is 2. The summed E-state index contributed by atoms with van der Waals surface area (Å²) >= 11 is 0. The van der Waals surface area contributed by atoms with Gasteiger partial charge >= 0.3 is 0 Å². The van der Waals surface area contributed by atoms with Crippen molar-refractivity contribution in [1.29, 1.82) is 5.26 Å². The third-order valence-corrected chi connectivity index (χ3v) is 8.57. The van der Waals surface area contributed by atoms with Gasteiger partial charge in [0, 0.05) is 81.7 Å². The number of ether oxygens (including phenoxy) is 2. The molecule has 0 aliphatic carbocycles. The second-order valence-corrected chi connectivity index (χ2v) is 11.2. The third kappa shape index (κ3) is 4.72. The van der Waals surface area contributed by atoms with E-state index < -0.39 is 0 Å². The average molecular weight is 526 g/mol. The van der Waals surface area contributed by atoms with Gasteiger partial charge in [0.05, 0.1) is 42.0 Å². The molecular formula is C30H35N7O2. The van der Waals surface area contributed by atoms with Gasteiger partial charge in [0.1, 0.15) is 11.9 Å². The number of hydrogen-bond acceptors (Lipinski definition) is 9. The Hall–Kier alpha value is -3.29. The Morgan fingerprint density at radius 3 is 3.00 bits per heavy atom. The topological polar surface area (TPSA) is 89.8 Å². The molecule has 7 rings (SSSR count). The minimum absolute atomic E-state index is 0.0825. The van der Waals surface area contributed by atoms with Gasteiger partial charge in [0.15, 0.2) is 0 Å². The molecule has 1 N–H and O–H groups in total. The monoisotopic (exact) mass is 525 g/mol. The van der Waals surface area contributed by atoms with Crippen molar-refractivity contribution < 1.29 is 9.47 Å². The van der Waals surface area contributed by atoms with Gasteiger partial charge in [-0.2, -0.15) is 5.26 Å². The fraction of sp³-hybridized carbons (Fsp3) is 0.500. The van der Waals surface area contributed by atoms with Crippen LogP contribution in [0.1, 0.15) is 23.7 Å². The van der Waals surface area contributed by atoms with E-state index in [2.05, 4.69) is 62.3 Å². The van der Waals surface area contributed by atoms with E-state index in [0.29, 0.717) is 11.6 Å². The summed E-state index contributed by atoms with van der Waals surface area (Å²) in [5.74, 6) is 1.09. The van der Waals surface area contributed by atoms with Crippen molar-refractivity contribution in [3.63, 3.8) is 0 Å². The summed E-state index contributed by atoms with van der Waals surface area (Å²) in [7, 11) is 0. The lowest BCUT2D eigenvalue weighted by Gasteiger charge is -2.40. The number of rotatable bonds is 4. The molecule has 0 bridgehead atoms. The number of hydrogen-bond donors (Lipinski definition) is 1. The Kier molecular flexibility index (Phi) is 6.57. The van der Waals surface area contributed by atoms with E-state index in [1.165, 1.54) is 11.3 Å². The summed E-state index contributed by atoms with van der Waals surface area (Å²) in [5, 5.41) is 14.0. The maximum atomic E-state index is 9.56. The average Bonchev–Trinajstić information content (AvgIpc) is 3.38. The lowest BCUT2D eigenvalue weighted by molar-refractivity contribution is -0.0317. The molecule has 39 heavy (non-hydrogen) atoms. The van der Waals surface area contributed by atoms with Crippen LogP contribution in [0, 0.1) is 11.3 Å². The van der Waals surface area contributed by atoms with Crippen molar-refractivity contribution in [1.82, 2.24) is 20.2 Å². The molecule has 0 spiro atoms. The third-order valence-electron chi connectivity index (χ3n) is 8.57. The Bertz CT molecular complexity index is 1410. The normalized spacial score (nSPS) is 27.3. The molecule has 9 nitrogen and oxygen atoms in total. The number of fused-ring (bicyclic) bond motifs is 3. The van der Waals surface area contributed by atoms with Crippen molar-refractivity contribution in [3.8, 4) is 6.07 Å². The lowest BCUT2D eigenvalue weighted by atomic mass is 10.1. The summed E-state index contributed by atoms with van der Waals surface area (Å²) in [5.41, 5.74) is 5.05. The van der Waals surface area contributed by atoms with E-state index >= 15 is 0 Å². The molecule has 0 amide bonds. The summed E-state index contributed by atoms with van der Waals surface area (Å²) in [6.45, 7) is 10.0. The maximum Gasteiger partial charge on any atom is 0.129 e. The van der Waals surface area contributed by atoms with Crippen LogP contribution in [-0.2, 0) is 22.4 Å². The zero-order valence-corrected chi connectivity index (χ0v) is 22.4. The maximum absolute atomic E-state index is 9.56. The van der Waals surface area contributed by atoms with Gasteiger partial charge in [0.2, 0.25) is 0 Å². The first kappa shape index (κ1) is 24.7. The minimum Gasteiger partial charge on any atom is -0.373 e. The van der Waals surface area contributed by atoms with E-state index in [1.54, 1.807) is 6.20 Å². The zero-order chi connectivity index (χ0) is 26.3. The molecule has 4 aliphatic heterocycles. The molecule has 0 saturated carbocycles. The predicted molar refractivity (Wildman–Crippen MR) is 150 cm³/mol. The molecule has 0 radical (unpaired) electrons. The first-order valence-electron chi connectivity index (χ1n) is 14.1. The van der Waals surface area contributed by atoms with Crippen molar-refractivity contribution in [2.24, 2.45) is 0 Å². The van der Waals surface area contributed by atoms with Crippen LogP contribution in [0.3, 0.4) is 0 Å². The van der Waals surface area contributed by atoms with Gasteiger partial charge in [-0.05, 0) is 42.8 Å². The Morgan fingerprint density at radius 2 is 2.08 bits per heavy atom. The quantitative estimate of drug-likeness (QED) is 0.551. The second-order valence-electron chi connectivity index (χ2n) is 11.2. The van der Waals surface area contributed by atoms with Crippen molar-refractivity contribution in [2.75, 3.05) is 62.2 Å². The Balaban J connectivity index is 1.07. The van der Waals surface area contributed by atoms with Crippen LogP contribution in [0.15, 0.2) is 42.6 Å². The van der Waals surface area contributed by atoms with Crippen LogP contribution in [0.25, 0.3) is 10.9 Å². The van der Waals surface area contributed by atoms with Gasteiger partial charge in [0.25, 0.3) is 0 Å². The smallest absolute Gasteiger partial charge is 0.129 e. The molecule has 4 aliphatic rings. The number of nitrogens with zero attached hydrogens (tertiary/aromatic N) is 6. The van der Waals surface area contributed by atoms with Gasteiger partial charge in [-0.25, -0.2) is 4.98 Å². The standard InChI is InChI=1S/C30H35N7O2/c1-20-15-36(26-6-4-21(13-31)30-24(26)3-2-9-33-30)17-23(39-20)16-35-18-27-28(19-35)38-12-11-37(27)29-7-5-22-14-32-10-8-25(22)34-29/h2-7,9,20,23,27-28,32H,8,10-12,14-19H2,1H3/t20-,23+,27-,28+/m1/s1. The number of aromatic nitrogens is 2. The van der Waals surface area contributed by atoms with Crippen molar-refractivity contribution in [2.45, 2.75) is 44.2 Å². The van der Waals surface area contributed by atoms with Gasteiger partial charge < -0.3 is 24.6 Å². The fourth-order valence-electron chi connectivity index (χ4n) is 6.84. The second kappa shape index (κ2) is 10.4. The van der Waals surface area contributed by atoms with Crippen LogP contribution in [0.4, 0.5) is 11.5 Å². The highest BCUT2D eigenvalue weighted by Crippen LogP contribution is 2.32. The molecule has 3 aromatic rings. The summed E-state index contributed by atoms with van der Waals surface area (Å²) < 4.78 is 12.7. The van der Waals surface area contributed by atoms with Gasteiger partial charge in [-0.3, -0.25) is 9.88 Å². The van der Waals surface area contributed by atoms with E-state index in [0.717, 1.165) is 87.8 Å². The Morgan fingerprint density at radius 1 is 1.13 bits per heavy atom. The van der Waals surface area contributed by atoms with E-state index in [9.17, 15) is 5.26 Å². The first-order valence-corrected chi connectivity index (χ1v) is 14.1. The molecule has 9 heteroatoms. The number of morpholine rings is 2. The van der Waals surface area contributed by atoms with Crippen LogP contribution in [-0.4, -0.2) is 91.6 Å². The van der Waals surface area contributed by atoms with Crippen molar-refractivity contribution in [3.05, 3.63) is 59.4 Å². The largest absolute Gasteiger partial charge is 0.373 e. The lowest BCUT2D eigenvalue weighted by Crippen LogP contribution is -2.52. The first-order chi connectivity index (χ1) is 19.2. The molecule has 1 aromatic carbocycles. The highest BCUT2D eigenvalue weighted by molar-refractivity contribution is 5.95. The zero-order valence-electron chi connectivity index (χ0n) is 22.4. The molecule has 3 saturated heterocycles. The van der Waals surface area contributed by atoms with Gasteiger partial charge in [-0.1, -0.05) is 6.07 Å². The summed E-state index contributed by atoms with van der Waals surface area (Å²) in [4.78, 5) is 17.0. The van der Waals surface area contributed by atoms with Crippen molar-refractivity contribution >= 4 is 22.4 Å². The number of benzene rings is 1. The molecule has 2 aromatic heterocycles. The van der Waals surface area contributed by atoms with E-state index in [1.807, 2.05) is 12.1 Å². The number of likely N-dealkylation sites (tertiary alicyclic amines) is 1. The molecule has 0 unspecified atom stereocenters. The van der Waals surface area contributed by atoms with Crippen LogP contribution in [0.5, 0.6) is 0 Å². The van der Waals surface area contributed by atoms with E-state index in [-0.39, 0.29) is 18.3 Å². The molecular weight excluding hydrogens is 490 g/mol. The molecule has 6 heterocycles. The molecule has 202 valence electrons. The minimum atomic E-state index is 0.0825. The molecule has 3 fully saturated rings. The van der Waals surface area contributed by atoms with Crippen LogP contribution in [0.2, 0.25) is 0 Å². The highest BCUT2D eigenvalue weighted by atomic mass is 16.5. The summed E-state index contributed by atoms with van der Waals surface area (Å²) in [6.07, 6.45) is 3.12. The van der Waals surface area contributed by atoms with Gasteiger partial charge in [-0.15, -0.1) is 0 Å². The summed E-state index contributed by atoms with van der Waals surface area (Å²) in [6, 6.07) is 15.0. The van der Waals surface area contributed by atoms with E-state index in [4.69, 9.17) is 14.5 Å².